The molecule has 0 saturated heterocycles. The SMILES string of the molecule is CCOc1ccc(Cl)cc1-c1cc(Nc2ccc(CC(C)(C)C)cc2)nc(N)n1. The van der Waals surface area contributed by atoms with E-state index < -0.39 is 0 Å². The van der Waals surface area contributed by atoms with Gasteiger partial charge in [-0.25, -0.2) is 4.98 Å². The quantitative estimate of drug-likeness (QED) is 0.512. The lowest BCUT2D eigenvalue weighted by molar-refractivity contribution is 0.341. The number of ether oxygens (including phenoxy) is 1. The van der Waals surface area contributed by atoms with Crippen molar-refractivity contribution in [1.82, 2.24) is 9.97 Å². The summed E-state index contributed by atoms with van der Waals surface area (Å²) in [5.41, 5.74) is 9.87. The largest absolute Gasteiger partial charge is 0.493 e. The average molecular weight is 411 g/mol. The van der Waals surface area contributed by atoms with Crippen molar-refractivity contribution < 1.29 is 4.74 Å². The maximum absolute atomic E-state index is 6.19. The Bertz CT molecular complexity index is 981. The second-order valence-corrected chi connectivity index (χ2v) is 8.57. The van der Waals surface area contributed by atoms with E-state index in [1.807, 2.05) is 37.3 Å². The number of nitrogens with two attached hydrogens (primary N) is 1. The minimum atomic E-state index is 0.178. The van der Waals surface area contributed by atoms with E-state index in [0.29, 0.717) is 28.9 Å². The molecule has 2 aromatic carbocycles. The van der Waals surface area contributed by atoms with Crippen molar-refractivity contribution in [1.29, 1.82) is 0 Å². The van der Waals surface area contributed by atoms with Crippen molar-refractivity contribution in [2.75, 3.05) is 17.7 Å². The van der Waals surface area contributed by atoms with Gasteiger partial charge in [0.25, 0.3) is 0 Å². The van der Waals surface area contributed by atoms with Crippen LogP contribution in [0.15, 0.2) is 48.5 Å². The smallest absolute Gasteiger partial charge is 0.222 e. The number of hydrogen-bond donors (Lipinski definition) is 2. The normalized spacial score (nSPS) is 11.3. The third-order valence-electron chi connectivity index (χ3n) is 4.22. The van der Waals surface area contributed by atoms with E-state index >= 15 is 0 Å². The van der Waals surface area contributed by atoms with Gasteiger partial charge in [-0.05, 0) is 54.7 Å². The molecule has 3 N–H and O–H groups in total. The van der Waals surface area contributed by atoms with Gasteiger partial charge in [-0.3, -0.25) is 0 Å². The summed E-state index contributed by atoms with van der Waals surface area (Å²) < 4.78 is 5.72. The summed E-state index contributed by atoms with van der Waals surface area (Å²) >= 11 is 6.19. The van der Waals surface area contributed by atoms with Gasteiger partial charge in [0.05, 0.1) is 12.3 Å². The molecule has 0 unspecified atom stereocenters. The zero-order valence-electron chi connectivity index (χ0n) is 17.3. The molecule has 0 aliphatic heterocycles. The molecule has 3 aromatic rings. The Balaban J connectivity index is 1.88. The maximum atomic E-state index is 6.19. The number of nitrogen functional groups attached to an aromatic ring is 1. The van der Waals surface area contributed by atoms with Crippen molar-refractivity contribution in [3.05, 3.63) is 59.1 Å². The van der Waals surface area contributed by atoms with Gasteiger partial charge in [-0.1, -0.05) is 44.5 Å². The number of benzene rings is 2. The summed E-state index contributed by atoms with van der Waals surface area (Å²) in [5.74, 6) is 1.49. The van der Waals surface area contributed by atoms with E-state index in [1.165, 1.54) is 5.56 Å². The van der Waals surface area contributed by atoms with Crippen LogP contribution in [0.4, 0.5) is 17.5 Å². The summed E-state index contributed by atoms with van der Waals surface area (Å²) in [4.78, 5) is 8.69. The highest BCUT2D eigenvalue weighted by Crippen LogP contribution is 2.33. The highest BCUT2D eigenvalue weighted by atomic mass is 35.5. The van der Waals surface area contributed by atoms with Crippen LogP contribution < -0.4 is 15.8 Å². The van der Waals surface area contributed by atoms with Crippen molar-refractivity contribution in [2.45, 2.75) is 34.1 Å². The molecular formula is C23H27ClN4O. The molecule has 29 heavy (non-hydrogen) atoms. The predicted molar refractivity (Wildman–Crippen MR) is 121 cm³/mol. The lowest BCUT2D eigenvalue weighted by atomic mass is 9.88. The molecule has 1 aromatic heterocycles. The van der Waals surface area contributed by atoms with Crippen molar-refractivity contribution >= 4 is 29.1 Å². The fourth-order valence-corrected chi connectivity index (χ4v) is 3.29. The number of aromatic nitrogens is 2. The number of rotatable bonds is 6. The van der Waals surface area contributed by atoms with Crippen LogP contribution in [0.2, 0.25) is 5.02 Å². The van der Waals surface area contributed by atoms with Crippen LogP contribution in [0.3, 0.4) is 0 Å². The Morgan fingerprint density at radius 2 is 1.76 bits per heavy atom. The zero-order valence-corrected chi connectivity index (χ0v) is 18.0. The monoisotopic (exact) mass is 410 g/mol. The van der Waals surface area contributed by atoms with Gasteiger partial charge in [0.2, 0.25) is 5.95 Å². The predicted octanol–water partition coefficient (Wildman–Crippen LogP) is 6.11. The third kappa shape index (κ3) is 5.84. The van der Waals surface area contributed by atoms with Crippen molar-refractivity contribution in [3.63, 3.8) is 0 Å². The van der Waals surface area contributed by atoms with Gasteiger partial charge in [-0.2, -0.15) is 4.98 Å². The minimum absolute atomic E-state index is 0.178. The number of anilines is 3. The van der Waals surface area contributed by atoms with Crippen LogP contribution in [0.5, 0.6) is 5.75 Å². The molecule has 0 amide bonds. The highest BCUT2D eigenvalue weighted by molar-refractivity contribution is 6.31. The van der Waals surface area contributed by atoms with Crippen LogP contribution >= 0.6 is 11.6 Å². The van der Waals surface area contributed by atoms with Gasteiger partial charge < -0.3 is 15.8 Å². The summed E-state index contributed by atoms with van der Waals surface area (Å²) in [6.07, 6.45) is 1.02. The second kappa shape index (κ2) is 8.70. The molecule has 0 aliphatic rings. The van der Waals surface area contributed by atoms with Crippen molar-refractivity contribution in [3.8, 4) is 17.0 Å². The molecule has 0 atom stereocenters. The van der Waals surface area contributed by atoms with Crippen LogP contribution in [-0.2, 0) is 6.42 Å². The number of hydrogen-bond acceptors (Lipinski definition) is 5. The Hall–Kier alpha value is -2.79. The molecule has 0 radical (unpaired) electrons. The van der Waals surface area contributed by atoms with E-state index in [4.69, 9.17) is 22.1 Å². The van der Waals surface area contributed by atoms with E-state index in [1.54, 1.807) is 6.07 Å². The van der Waals surface area contributed by atoms with E-state index in [2.05, 4.69) is 48.2 Å². The van der Waals surface area contributed by atoms with Crippen molar-refractivity contribution in [2.24, 2.45) is 5.41 Å². The fourth-order valence-electron chi connectivity index (χ4n) is 3.12. The highest BCUT2D eigenvalue weighted by Gasteiger charge is 2.13. The molecule has 0 bridgehead atoms. The average Bonchev–Trinajstić information content (AvgIpc) is 2.63. The molecule has 3 rings (SSSR count). The summed E-state index contributed by atoms with van der Waals surface area (Å²) in [6, 6.07) is 15.6. The molecule has 152 valence electrons. The molecule has 0 aliphatic carbocycles. The zero-order chi connectivity index (χ0) is 21.0. The summed E-state index contributed by atoms with van der Waals surface area (Å²) in [7, 11) is 0. The van der Waals surface area contributed by atoms with Gasteiger partial charge in [-0.15, -0.1) is 0 Å². The van der Waals surface area contributed by atoms with Gasteiger partial charge in [0.15, 0.2) is 0 Å². The molecule has 1 heterocycles. The Kier molecular flexibility index (Phi) is 6.28. The van der Waals surface area contributed by atoms with E-state index in [-0.39, 0.29) is 11.4 Å². The number of nitrogens with zero attached hydrogens (tertiary/aromatic N) is 2. The Morgan fingerprint density at radius 1 is 1.03 bits per heavy atom. The maximum Gasteiger partial charge on any atom is 0.222 e. The van der Waals surface area contributed by atoms with Gasteiger partial charge in [0.1, 0.15) is 11.6 Å². The standard InChI is InChI=1S/C23H27ClN4O/c1-5-29-20-11-8-16(24)12-18(20)19-13-21(28-22(25)27-19)26-17-9-6-15(7-10-17)14-23(2,3)4/h6-13H,5,14H2,1-4H3,(H3,25,26,27,28). The molecule has 6 heteroatoms. The first kappa shape index (κ1) is 20.9. The summed E-state index contributed by atoms with van der Waals surface area (Å²) in [5, 5.41) is 3.91. The third-order valence-corrected chi connectivity index (χ3v) is 4.46. The second-order valence-electron chi connectivity index (χ2n) is 8.13. The number of nitrogens with one attached hydrogen (secondary N) is 1. The molecule has 0 fully saturated rings. The van der Waals surface area contributed by atoms with Crippen LogP contribution in [-0.4, -0.2) is 16.6 Å². The first-order valence-corrected chi connectivity index (χ1v) is 10.0. The van der Waals surface area contributed by atoms with Crippen LogP contribution in [0.25, 0.3) is 11.3 Å². The van der Waals surface area contributed by atoms with Crippen LogP contribution in [0, 0.1) is 5.41 Å². The first-order chi connectivity index (χ1) is 13.7. The van der Waals surface area contributed by atoms with Gasteiger partial charge >= 0.3 is 0 Å². The molecule has 0 spiro atoms. The molecule has 0 saturated carbocycles. The van der Waals surface area contributed by atoms with Gasteiger partial charge in [0, 0.05) is 22.3 Å². The molecular weight excluding hydrogens is 384 g/mol. The topological polar surface area (TPSA) is 73.1 Å². The lowest BCUT2D eigenvalue weighted by Gasteiger charge is -2.18. The lowest BCUT2D eigenvalue weighted by Crippen LogP contribution is -2.09. The first-order valence-electron chi connectivity index (χ1n) is 9.67. The Morgan fingerprint density at radius 3 is 2.41 bits per heavy atom. The van der Waals surface area contributed by atoms with Crippen LogP contribution in [0.1, 0.15) is 33.3 Å². The summed E-state index contributed by atoms with van der Waals surface area (Å²) in [6.45, 7) is 9.17. The van der Waals surface area contributed by atoms with E-state index in [0.717, 1.165) is 17.7 Å². The minimum Gasteiger partial charge on any atom is -0.493 e. The number of halogens is 1. The molecule has 5 nitrogen and oxygen atoms in total. The Labute approximate surface area is 177 Å². The fraction of sp³-hybridized carbons (Fsp3) is 0.304. The van der Waals surface area contributed by atoms with E-state index in [9.17, 15) is 0 Å².